The van der Waals surface area contributed by atoms with Gasteiger partial charge in [0.1, 0.15) is 5.82 Å². The molecular weight excluding hydrogens is 118 g/mol. The summed E-state index contributed by atoms with van der Waals surface area (Å²) in [4.78, 5) is 0. The monoisotopic (exact) mass is 125 g/mol. The van der Waals surface area contributed by atoms with Gasteiger partial charge in [-0.3, -0.25) is 10.5 Å². The van der Waals surface area contributed by atoms with Gasteiger partial charge in [-0.15, -0.1) is 0 Å². The highest BCUT2D eigenvalue weighted by Crippen LogP contribution is 1.95. The molecule has 1 aromatic heterocycles. The molecule has 48 valence electrons. The maximum atomic E-state index is 6.79. The first kappa shape index (κ1) is 5.61. The summed E-state index contributed by atoms with van der Waals surface area (Å²) in [7, 11) is 0. The van der Waals surface area contributed by atoms with Gasteiger partial charge >= 0.3 is 0 Å². The number of guanidine groups is 1. The van der Waals surface area contributed by atoms with E-state index in [4.69, 9.17) is 11.1 Å². The molecule has 5 N–H and O–H groups in total. The molecule has 0 bridgehead atoms. The van der Waals surface area contributed by atoms with E-state index in [-0.39, 0.29) is 5.96 Å². The number of nitrogens with one attached hydrogen (secondary N) is 3. The van der Waals surface area contributed by atoms with E-state index >= 15 is 0 Å². The molecule has 0 aliphatic heterocycles. The fourth-order valence-electron chi connectivity index (χ4n) is 0.471. The first-order valence-corrected chi connectivity index (χ1v) is 2.39. The molecule has 5 heteroatoms. The van der Waals surface area contributed by atoms with E-state index < -0.39 is 0 Å². The number of H-pyrrole nitrogens is 1. The lowest BCUT2D eigenvalue weighted by atomic mass is 10.6. The minimum Gasteiger partial charge on any atom is -0.370 e. The zero-order chi connectivity index (χ0) is 6.69. The van der Waals surface area contributed by atoms with Gasteiger partial charge in [-0.1, -0.05) is 0 Å². The molecule has 0 spiro atoms. The second-order valence-corrected chi connectivity index (χ2v) is 1.51. The van der Waals surface area contributed by atoms with E-state index in [2.05, 4.69) is 15.5 Å². The lowest BCUT2D eigenvalue weighted by Gasteiger charge is -1.95. The Hall–Kier alpha value is -1.52. The smallest absolute Gasteiger partial charge is 0.191 e. The van der Waals surface area contributed by atoms with Gasteiger partial charge in [0.05, 0.1) is 6.20 Å². The second kappa shape index (κ2) is 2.17. The molecule has 9 heavy (non-hydrogen) atoms. The fraction of sp³-hybridized carbons (Fsp3) is 0. The largest absolute Gasteiger partial charge is 0.370 e. The second-order valence-electron chi connectivity index (χ2n) is 1.51. The molecule has 0 amide bonds. The predicted octanol–water partition coefficient (Wildman–Crippen LogP) is -0.285. The van der Waals surface area contributed by atoms with Crippen LogP contribution in [0.15, 0.2) is 12.3 Å². The molecule has 1 aromatic rings. The van der Waals surface area contributed by atoms with Crippen LogP contribution in [0.1, 0.15) is 0 Å². The fourth-order valence-corrected chi connectivity index (χ4v) is 0.471. The number of hydrogen-bond donors (Lipinski definition) is 4. The van der Waals surface area contributed by atoms with Crippen LogP contribution in [0, 0.1) is 5.41 Å². The molecule has 0 fully saturated rings. The van der Waals surface area contributed by atoms with E-state index in [0.717, 1.165) is 0 Å². The Balaban J connectivity index is 2.58. The molecule has 0 atom stereocenters. The highest BCUT2D eigenvalue weighted by Gasteiger charge is 1.89. The van der Waals surface area contributed by atoms with Crippen molar-refractivity contribution in [3.63, 3.8) is 0 Å². The van der Waals surface area contributed by atoms with E-state index in [1.54, 1.807) is 12.3 Å². The third-order valence-electron chi connectivity index (χ3n) is 0.770. The Bertz CT molecular complexity index is 189. The molecule has 1 rings (SSSR count). The topological polar surface area (TPSA) is 90.6 Å². The number of anilines is 1. The number of aromatic amines is 1. The molecule has 0 unspecified atom stereocenters. The van der Waals surface area contributed by atoms with Crippen LogP contribution < -0.4 is 11.1 Å². The summed E-state index contributed by atoms with van der Waals surface area (Å²) in [5, 5.41) is 15.5. The van der Waals surface area contributed by atoms with Gasteiger partial charge in [0.2, 0.25) is 0 Å². The van der Waals surface area contributed by atoms with Crippen LogP contribution in [0.5, 0.6) is 0 Å². The van der Waals surface area contributed by atoms with Crippen LogP contribution >= 0.6 is 0 Å². The molecule has 0 aromatic carbocycles. The molecule has 0 saturated carbocycles. The Labute approximate surface area is 51.8 Å². The zero-order valence-electron chi connectivity index (χ0n) is 4.68. The summed E-state index contributed by atoms with van der Waals surface area (Å²) >= 11 is 0. The molecular formula is C4H7N5. The van der Waals surface area contributed by atoms with Crippen LogP contribution in [-0.4, -0.2) is 16.2 Å². The Kier molecular flexibility index (Phi) is 1.35. The Morgan fingerprint density at radius 1 is 1.89 bits per heavy atom. The van der Waals surface area contributed by atoms with Gasteiger partial charge in [-0.2, -0.15) is 5.10 Å². The minimum atomic E-state index is -0.0979. The van der Waals surface area contributed by atoms with Gasteiger partial charge in [0.25, 0.3) is 0 Å². The standard InChI is InChI=1S/C4H7N5/c5-4(6)8-3-1-2-7-9-3/h1-2H,(H5,5,6,7,8,9). The average Bonchev–Trinajstić information content (AvgIpc) is 2.15. The summed E-state index contributed by atoms with van der Waals surface area (Å²) in [5.74, 6) is 0.529. The van der Waals surface area contributed by atoms with Crippen LogP contribution in [0.25, 0.3) is 0 Å². The lowest BCUT2D eigenvalue weighted by Crippen LogP contribution is -2.20. The first-order chi connectivity index (χ1) is 4.29. The van der Waals surface area contributed by atoms with Crippen molar-refractivity contribution in [3.8, 4) is 0 Å². The molecule has 1 heterocycles. The number of rotatable bonds is 1. The number of nitrogens with zero attached hydrogens (tertiary/aromatic N) is 1. The van der Waals surface area contributed by atoms with Crippen molar-refractivity contribution in [2.24, 2.45) is 5.73 Å². The Morgan fingerprint density at radius 3 is 3.11 bits per heavy atom. The van der Waals surface area contributed by atoms with Gasteiger partial charge < -0.3 is 11.1 Å². The van der Waals surface area contributed by atoms with Crippen molar-refractivity contribution in [2.75, 3.05) is 5.32 Å². The highest BCUT2D eigenvalue weighted by molar-refractivity contribution is 5.88. The van der Waals surface area contributed by atoms with Gasteiger partial charge in [0, 0.05) is 6.07 Å². The summed E-state index contributed by atoms with van der Waals surface area (Å²) in [6.07, 6.45) is 1.57. The maximum absolute atomic E-state index is 6.79. The van der Waals surface area contributed by atoms with E-state index in [1.165, 1.54) is 0 Å². The van der Waals surface area contributed by atoms with Crippen LogP contribution in [-0.2, 0) is 0 Å². The third-order valence-corrected chi connectivity index (χ3v) is 0.770. The van der Waals surface area contributed by atoms with Crippen molar-refractivity contribution >= 4 is 11.8 Å². The number of hydrogen-bond acceptors (Lipinski definition) is 2. The van der Waals surface area contributed by atoms with Gasteiger partial charge in [0.15, 0.2) is 5.96 Å². The maximum Gasteiger partial charge on any atom is 0.191 e. The molecule has 0 saturated heterocycles. The molecule has 0 aliphatic carbocycles. The van der Waals surface area contributed by atoms with Crippen LogP contribution in [0.2, 0.25) is 0 Å². The summed E-state index contributed by atoms with van der Waals surface area (Å²) < 4.78 is 0. The molecule has 0 aliphatic rings. The summed E-state index contributed by atoms with van der Waals surface area (Å²) in [6.45, 7) is 0. The summed E-state index contributed by atoms with van der Waals surface area (Å²) in [5.41, 5.74) is 5.01. The summed E-state index contributed by atoms with van der Waals surface area (Å²) in [6, 6.07) is 1.68. The zero-order valence-corrected chi connectivity index (χ0v) is 4.68. The normalized spacial score (nSPS) is 8.89. The SMILES string of the molecule is N=C(N)Nc1ccn[nH]1. The van der Waals surface area contributed by atoms with Gasteiger partial charge in [-0.25, -0.2) is 0 Å². The molecule has 0 radical (unpaired) electrons. The van der Waals surface area contributed by atoms with Crippen molar-refractivity contribution in [1.82, 2.24) is 10.2 Å². The van der Waals surface area contributed by atoms with Crippen molar-refractivity contribution < 1.29 is 0 Å². The quantitative estimate of drug-likeness (QED) is 0.307. The average molecular weight is 125 g/mol. The Morgan fingerprint density at radius 2 is 2.67 bits per heavy atom. The molecule has 5 nitrogen and oxygen atoms in total. The minimum absolute atomic E-state index is 0.0979. The van der Waals surface area contributed by atoms with E-state index in [0.29, 0.717) is 5.82 Å². The van der Waals surface area contributed by atoms with E-state index in [1.807, 2.05) is 0 Å². The lowest BCUT2D eigenvalue weighted by molar-refractivity contribution is 1.09. The number of aromatic nitrogens is 2. The van der Waals surface area contributed by atoms with Gasteiger partial charge in [-0.05, 0) is 0 Å². The first-order valence-electron chi connectivity index (χ1n) is 2.39. The van der Waals surface area contributed by atoms with Crippen LogP contribution in [0.3, 0.4) is 0 Å². The van der Waals surface area contributed by atoms with Crippen molar-refractivity contribution in [1.29, 1.82) is 5.41 Å². The van der Waals surface area contributed by atoms with Crippen molar-refractivity contribution in [3.05, 3.63) is 12.3 Å². The van der Waals surface area contributed by atoms with Crippen LogP contribution in [0.4, 0.5) is 5.82 Å². The van der Waals surface area contributed by atoms with E-state index in [9.17, 15) is 0 Å². The van der Waals surface area contributed by atoms with Crippen molar-refractivity contribution in [2.45, 2.75) is 0 Å². The third kappa shape index (κ3) is 1.45. The highest BCUT2D eigenvalue weighted by atomic mass is 15.2. The number of nitrogens with two attached hydrogens (primary N) is 1. The predicted molar refractivity (Wildman–Crippen MR) is 34.1 cm³/mol.